The fraction of sp³-hybridized carbons (Fsp3) is 0.565. The SMILES string of the molecule is CCOC(=O)N1CCN(c2ncnc3c2sc2nc(N4CCOCC4)c4c(c23)CCC4)CC1. The first-order chi connectivity index (χ1) is 16.2. The van der Waals surface area contributed by atoms with E-state index in [-0.39, 0.29) is 6.09 Å². The third-order valence-corrected chi connectivity index (χ3v) is 7.92. The molecule has 2 aliphatic heterocycles. The lowest BCUT2D eigenvalue weighted by atomic mass is 10.1. The summed E-state index contributed by atoms with van der Waals surface area (Å²) in [4.78, 5) is 34.1. The molecule has 0 atom stereocenters. The minimum absolute atomic E-state index is 0.234. The number of ether oxygens (including phenoxy) is 2. The Morgan fingerprint density at radius 1 is 1.03 bits per heavy atom. The van der Waals surface area contributed by atoms with Crippen LogP contribution in [-0.2, 0) is 22.3 Å². The Labute approximate surface area is 196 Å². The van der Waals surface area contributed by atoms with Gasteiger partial charge in [0.25, 0.3) is 0 Å². The number of amides is 1. The van der Waals surface area contributed by atoms with Gasteiger partial charge in [-0.1, -0.05) is 0 Å². The van der Waals surface area contributed by atoms with Gasteiger partial charge in [-0.15, -0.1) is 11.3 Å². The Balaban J connectivity index is 1.38. The van der Waals surface area contributed by atoms with E-state index >= 15 is 0 Å². The standard InChI is InChI=1S/C23H28N6O3S/c1-2-32-23(30)29-8-6-27(7-9-29)21-19-18(24-14-25-21)17-15-4-3-5-16(15)20(26-22(17)33-19)28-10-12-31-13-11-28/h14H,2-13H2,1H3. The molecule has 9 nitrogen and oxygen atoms in total. The summed E-state index contributed by atoms with van der Waals surface area (Å²) in [5.74, 6) is 2.09. The zero-order valence-electron chi connectivity index (χ0n) is 18.9. The molecule has 0 N–H and O–H groups in total. The topological polar surface area (TPSA) is 83.9 Å². The van der Waals surface area contributed by atoms with Gasteiger partial charge >= 0.3 is 6.09 Å². The average Bonchev–Trinajstić information content (AvgIpc) is 3.48. The highest BCUT2D eigenvalue weighted by atomic mass is 32.1. The van der Waals surface area contributed by atoms with Gasteiger partial charge < -0.3 is 24.2 Å². The van der Waals surface area contributed by atoms with E-state index in [9.17, 15) is 4.79 Å². The van der Waals surface area contributed by atoms with Crippen LogP contribution in [-0.4, -0.2) is 85.0 Å². The van der Waals surface area contributed by atoms with E-state index in [1.54, 1.807) is 22.6 Å². The van der Waals surface area contributed by atoms with Crippen molar-refractivity contribution in [3.05, 3.63) is 17.5 Å². The molecule has 33 heavy (non-hydrogen) atoms. The van der Waals surface area contributed by atoms with Crippen molar-refractivity contribution in [3.63, 3.8) is 0 Å². The number of carbonyl (C=O) groups excluding carboxylic acids is 1. The maximum absolute atomic E-state index is 12.1. The predicted molar refractivity (Wildman–Crippen MR) is 129 cm³/mol. The highest BCUT2D eigenvalue weighted by molar-refractivity contribution is 7.26. The smallest absolute Gasteiger partial charge is 0.409 e. The van der Waals surface area contributed by atoms with E-state index in [0.717, 1.165) is 78.9 Å². The van der Waals surface area contributed by atoms with Crippen molar-refractivity contribution in [2.45, 2.75) is 26.2 Å². The van der Waals surface area contributed by atoms with Gasteiger partial charge in [-0.25, -0.2) is 19.7 Å². The normalized spacial score (nSPS) is 18.9. The van der Waals surface area contributed by atoms with Crippen LogP contribution in [0.2, 0.25) is 0 Å². The molecule has 10 heteroatoms. The zero-order chi connectivity index (χ0) is 22.4. The van der Waals surface area contributed by atoms with Crippen LogP contribution < -0.4 is 9.80 Å². The molecular formula is C23H28N6O3S. The minimum Gasteiger partial charge on any atom is -0.450 e. The summed E-state index contributed by atoms with van der Waals surface area (Å²) in [7, 11) is 0. The van der Waals surface area contributed by atoms with E-state index in [1.807, 2.05) is 6.92 Å². The minimum atomic E-state index is -0.234. The van der Waals surface area contributed by atoms with Crippen LogP contribution in [0.3, 0.4) is 0 Å². The molecule has 0 radical (unpaired) electrons. The van der Waals surface area contributed by atoms with Crippen molar-refractivity contribution in [2.75, 3.05) is 68.9 Å². The number of fused-ring (bicyclic) bond motifs is 5. The first kappa shape index (κ1) is 20.9. The molecule has 174 valence electrons. The number of piperazine rings is 1. The maximum Gasteiger partial charge on any atom is 0.409 e. The first-order valence-corrected chi connectivity index (χ1v) is 12.6. The number of morpholine rings is 1. The summed E-state index contributed by atoms with van der Waals surface area (Å²) in [6, 6.07) is 0. The van der Waals surface area contributed by atoms with Crippen molar-refractivity contribution < 1.29 is 14.3 Å². The number of carbonyl (C=O) groups is 1. The van der Waals surface area contributed by atoms with Gasteiger partial charge in [-0.2, -0.15) is 0 Å². The summed E-state index contributed by atoms with van der Waals surface area (Å²) in [5.41, 5.74) is 3.84. The Morgan fingerprint density at radius 2 is 1.79 bits per heavy atom. The second-order valence-corrected chi connectivity index (χ2v) is 9.67. The summed E-state index contributed by atoms with van der Waals surface area (Å²) in [5, 5.41) is 1.22. The zero-order valence-corrected chi connectivity index (χ0v) is 19.7. The number of pyridine rings is 1. The quantitative estimate of drug-likeness (QED) is 0.580. The molecule has 0 aromatic carbocycles. The van der Waals surface area contributed by atoms with E-state index < -0.39 is 0 Å². The molecule has 1 aliphatic carbocycles. The molecule has 0 saturated carbocycles. The molecule has 1 amide bonds. The highest BCUT2D eigenvalue weighted by Gasteiger charge is 2.29. The Bertz CT molecular complexity index is 1200. The number of rotatable bonds is 3. The lowest BCUT2D eigenvalue weighted by Crippen LogP contribution is -2.49. The van der Waals surface area contributed by atoms with E-state index in [2.05, 4.69) is 14.8 Å². The second-order valence-electron chi connectivity index (χ2n) is 8.68. The van der Waals surface area contributed by atoms with E-state index in [4.69, 9.17) is 19.4 Å². The second kappa shape index (κ2) is 8.57. The third-order valence-electron chi connectivity index (χ3n) is 6.85. The molecule has 2 saturated heterocycles. The summed E-state index contributed by atoms with van der Waals surface area (Å²) < 4.78 is 11.8. The summed E-state index contributed by atoms with van der Waals surface area (Å²) in [6.45, 7) is 8.25. The van der Waals surface area contributed by atoms with Crippen LogP contribution in [0, 0.1) is 0 Å². The molecule has 3 aromatic rings. The molecule has 3 aliphatic rings. The molecule has 6 rings (SSSR count). The number of hydrogen-bond donors (Lipinski definition) is 0. The van der Waals surface area contributed by atoms with Crippen molar-refractivity contribution in [3.8, 4) is 0 Å². The fourth-order valence-corrected chi connectivity index (χ4v) is 6.42. The number of aryl methyl sites for hydroxylation is 1. The van der Waals surface area contributed by atoms with Crippen LogP contribution in [0.1, 0.15) is 24.5 Å². The Kier molecular flexibility index (Phi) is 5.41. The average molecular weight is 469 g/mol. The van der Waals surface area contributed by atoms with Crippen molar-refractivity contribution >= 4 is 49.5 Å². The number of aromatic nitrogens is 3. The van der Waals surface area contributed by atoms with Crippen molar-refractivity contribution in [2.24, 2.45) is 0 Å². The van der Waals surface area contributed by atoms with E-state index in [0.29, 0.717) is 19.7 Å². The van der Waals surface area contributed by atoms with Gasteiger partial charge in [0, 0.05) is 44.7 Å². The monoisotopic (exact) mass is 468 g/mol. The van der Waals surface area contributed by atoms with Crippen LogP contribution in [0.5, 0.6) is 0 Å². The first-order valence-electron chi connectivity index (χ1n) is 11.8. The van der Waals surface area contributed by atoms with Gasteiger partial charge in [-0.3, -0.25) is 0 Å². The number of anilines is 2. The largest absolute Gasteiger partial charge is 0.450 e. The molecule has 0 bridgehead atoms. The molecule has 3 aromatic heterocycles. The van der Waals surface area contributed by atoms with Gasteiger partial charge in [-0.05, 0) is 37.3 Å². The van der Waals surface area contributed by atoms with Gasteiger partial charge in [0.15, 0.2) is 0 Å². The molecule has 5 heterocycles. The highest BCUT2D eigenvalue weighted by Crippen LogP contribution is 2.44. The van der Waals surface area contributed by atoms with Crippen LogP contribution >= 0.6 is 11.3 Å². The Morgan fingerprint density at radius 3 is 2.58 bits per heavy atom. The molecule has 0 spiro atoms. The fourth-order valence-electron chi connectivity index (χ4n) is 5.24. The van der Waals surface area contributed by atoms with Crippen LogP contribution in [0.25, 0.3) is 20.4 Å². The van der Waals surface area contributed by atoms with Gasteiger partial charge in [0.1, 0.15) is 22.8 Å². The van der Waals surface area contributed by atoms with Gasteiger partial charge in [0.2, 0.25) is 0 Å². The number of hydrogen-bond acceptors (Lipinski definition) is 9. The molecule has 2 fully saturated rings. The lowest BCUT2D eigenvalue weighted by molar-refractivity contribution is 0.105. The number of nitrogens with zero attached hydrogens (tertiary/aromatic N) is 6. The number of thiophene rings is 1. The van der Waals surface area contributed by atoms with Crippen molar-refractivity contribution in [1.82, 2.24) is 19.9 Å². The third kappa shape index (κ3) is 3.56. The van der Waals surface area contributed by atoms with Crippen LogP contribution in [0.15, 0.2) is 6.33 Å². The Hall–Kier alpha value is -2.72. The van der Waals surface area contributed by atoms with Crippen molar-refractivity contribution in [1.29, 1.82) is 0 Å². The predicted octanol–water partition coefficient (Wildman–Crippen LogP) is 2.84. The molecular weight excluding hydrogens is 440 g/mol. The summed E-state index contributed by atoms with van der Waals surface area (Å²) in [6.07, 6.45) is 4.77. The maximum atomic E-state index is 12.1. The van der Waals surface area contributed by atoms with Gasteiger partial charge in [0.05, 0.1) is 30.0 Å². The lowest BCUT2D eigenvalue weighted by Gasteiger charge is -2.34. The van der Waals surface area contributed by atoms with Crippen LogP contribution in [0.4, 0.5) is 16.4 Å². The van der Waals surface area contributed by atoms with E-state index in [1.165, 1.54) is 22.9 Å². The molecule has 0 unspecified atom stereocenters. The summed E-state index contributed by atoms with van der Waals surface area (Å²) >= 11 is 1.70.